The number of ether oxygens (including phenoxy) is 2. The van der Waals surface area contributed by atoms with E-state index in [0.717, 1.165) is 41.0 Å². The van der Waals surface area contributed by atoms with Crippen molar-refractivity contribution in [1.82, 2.24) is 14.8 Å². The number of carbonyl (C=O) groups is 1. The lowest BCUT2D eigenvalue weighted by atomic mass is 9.68. The third-order valence-electron chi connectivity index (χ3n) is 8.12. The van der Waals surface area contributed by atoms with Gasteiger partial charge in [0.1, 0.15) is 11.6 Å². The van der Waals surface area contributed by atoms with E-state index in [2.05, 4.69) is 16.0 Å². The molecule has 190 valence electrons. The molecule has 3 aliphatic heterocycles. The van der Waals surface area contributed by atoms with Gasteiger partial charge in [-0.15, -0.1) is 0 Å². The van der Waals surface area contributed by atoms with Crippen LogP contribution in [-0.2, 0) is 21.5 Å². The SMILES string of the molecule is COc1ccc2c3c([nH]c2c1)[C@H](CO)N(C(=O)C1CCOCC1)CC31CN(Cc2cccc(F)c2)C1. The Hall–Kier alpha value is -2.94. The second-order valence-electron chi connectivity index (χ2n) is 10.4. The van der Waals surface area contributed by atoms with E-state index in [1.54, 1.807) is 19.2 Å². The van der Waals surface area contributed by atoms with Gasteiger partial charge in [-0.05, 0) is 48.2 Å². The summed E-state index contributed by atoms with van der Waals surface area (Å²) < 4.78 is 24.7. The fourth-order valence-corrected chi connectivity index (χ4v) is 6.49. The molecule has 1 spiro atoms. The first kappa shape index (κ1) is 23.5. The molecule has 1 atom stereocenters. The molecule has 0 unspecified atom stereocenters. The number of fused-ring (bicyclic) bond motifs is 4. The molecule has 0 bridgehead atoms. The van der Waals surface area contributed by atoms with Gasteiger partial charge >= 0.3 is 0 Å². The Morgan fingerprint density at radius 2 is 2.00 bits per heavy atom. The summed E-state index contributed by atoms with van der Waals surface area (Å²) in [5, 5.41) is 11.6. The van der Waals surface area contributed by atoms with Gasteiger partial charge in [0.2, 0.25) is 5.91 Å². The van der Waals surface area contributed by atoms with Gasteiger partial charge < -0.3 is 24.5 Å². The molecular weight excluding hydrogens is 461 g/mol. The lowest BCUT2D eigenvalue weighted by Gasteiger charge is -2.56. The fourth-order valence-electron chi connectivity index (χ4n) is 6.49. The lowest BCUT2D eigenvalue weighted by molar-refractivity contribution is -0.146. The number of aromatic amines is 1. The van der Waals surface area contributed by atoms with Crippen molar-refractivity contribution < 1.29 is 23.8 Å². The Morgan fingerprint density at radius 1 is 1.19 bits per heavy atom. The molecular formula is C28H32FN3O4. The van der Waals surface area contributed by atoms with Gasteiger partial charge in [-0.25, -0.2) is 4.39 Å². The standard InChI is InChI=1S/C28H32FN3O4/c1-35-21-5-6-22-23(12-21)30-26-24(14-33)32(27(34)19-7-9-36-10-8-19)17-28(25(22)26)15-31(16-28)13-18-3-2-4-20(29)11-18/h2-6,11-12,19,24,30,33H,7-10,13-17H2,1H3/t24-/m0/s1. The predicted octanol–water partition coefficient (Wildman–Crippen LogP) is 3.37. The van der Waals surface area contributed by atoms with Crippen molar-refractivity contribution in [2.24, 2.45) is 5.92 Å². The molecule has 7 nitrogen and oxygen atoms in total. The summed E-state index contributed by atoms with van der Waals surface area (Å²) in [7, 11) is 1.65. The van der Waals surface area contributed by atoms with Crippen LogP contribution in [0.5, 0.6) is 5.75 Å². The number of aliphatic hydroxyl groups is 1. The minimum absolute atomic E-state index is 0.0839. The maximum absolute atomic E-state index is 13.8. The molecule has 2 fully saturated rings. The van der Waals surface area contributed by atoms with E-state index in [9.17, 15) is 14.3 Å². The molecule has 6 rings (SSSR count). The van der Waals surface area contributed by atoms with E-state index in [4.69, 9.17) is 9.47 Å². The van der Waals surface area contributed by atoms with E-state index >= 15 is 0 Å². The number of carbonyl (C=O) groups excluding carboxylic acids is 1. The highest BCUT2D eigenvalue weighted by Crippen LogP contribution is 2.49. The number of benzene rings is 2. The van der Waals surface area contributed by atoms with E-state index < -0.39 is 6.04 Å². The molecule has 2 N–H and O–H groups in total. The molecule has 2 aromatic carbocycles. The van der Waals surface area contributed by atoms with Gasteiger partial charge in [-0.3, -0.25) is 9.69 Å². The average molecular weight is 494 g/mol. The lowest BCUT2D eigenvalue weighted by Crippen LogP contribution is -2.67. The van der Waals surface area contributed by atoms with Crippen LogP contribution in [0.2, 0.25) is 0 Å². The Bertz CT molecular complexity index is 1280. The first-order valence-electron chi connectivity index (χ1n) is 12.7. The third-order valence-corrected chi connectivity index (χ3v) is 8.12. The highest BCUT2D eigenvalue weighted by Gasteiger charge is 2.54. The van der Waals surface area contributed by atoms with E-state index in [1.807, 2.05) is 23.1 Å². The third kappa shape index (κ3) is 3.88. The number of amides is 1. The average Bonchev–Trinajstić information content (AvgIpc) is 3.26. The number of rotatable bonds is 5. The molecule has 0 saturated carbocycles. The molecule has 4 heterocycles. The quantitative estimate of drug-likeness (QED) is 0.570. The highest BCUT2D eigenvalue weighted by atomic mass is 19.1. The van der Waals surface area contributed by atoms with Gasteiger partial charge in [0.25, 0.3) is 0 Å². The zero-order valence-electron chi connectivity index (χ0n) is 20.5. The fraction of sp³-hybridized carbons (Fsp3) is 0.464. The van der Waals surface area contributed by atoms with E-state index in [0.29, 0.717) is 39.1 Å². The van der Waals surface area contributed by atoms with Crippen molar-refractivity contribution in [3.63, 3.8) is 0 Å². The first-order valence-corrected chi connectivity index (χ1v) is 12.7. The minimum Gasteiger partial charge on any atom is -0.497 e. The van der Waals surface area contributed by atoms with Crippen LogP contribution in [0.25, 0.3) is 10.9 Å². The summed E-state index contributed by atoms with van der Waals surface area (Å²) in [6.45, 7) is 3.77. The smallest absolute Gasteiger partial charge is 0.226 e. The Kier molecular flexibility index (Phi) is 5.98. The minimum atomic E-state index is -0.420. The zero-order valence-corrected chi connectivity index (χ0v) is 20.5. The summed E-state index contributed by atoms with van der Waals surface area (Å²) >= 11 is 0. The predicted molar refractivity (Wildman–Crippen MR) is 133 cm³/mol. The Morgan fingerprint density at radius 3 is 2.72 bits per heavy atom. The van der Waals surface area contributed by atoms with Gasteiger partial charge in [0, 0.05) is 73.4 Å². The van der Waals surface area contributed by atoms with Crippen LogP contribution in [0.4, 0.5) is 4.39 Å². The van der Waals surface area contributed by atoms with Crippen molar-refractivity contribution in [2.75, 3.05) is 46.6 Å². The molecule has 0 radical (unpaired) electrons. The van der Waals surface area contributed by atoms with Crippen molar-refractivity contribution in [3.8, 4) is 5.75 Å². The van der Waals surface area contributed by atoms with Gasteiger partial charge in [0.05, 0.1) is 19.8 Å². The Balaban J connectivity index is 1.38. The number of nitrogens with zero attached hydrogens (tertiary/aromatic N) is 2. The van der Waals surface area contributed by atoms with Crippen LogP contribution in [-0.4, -0.2) is 72.4 Å². The molecule has 0 aliphatic carbocycles. The normalized spacial score (nSPS) is 22.0. The Labute approximate surface area is 209 Å². The van der Waals surface area contributed by atoms with Gasteiger partial charge in [0.15, 0.2) is 0 Å². The van der Waals surface area contributed by atoms with Crippen LogP contribution < -0.4 is 4.74 Å². The number of hydrogen-bond donors (Lipinski definition) is 2. The molecule has 1 amide bonds. The molecule has 3 aromatic rings. The summed E-state index contributed by atoms with van der Waals surface area (Å²) in [5.41, 5.74) is 3.72. The summed E-state index contributed by atoms with van der Waals surface area (Å²) in [5.74, 6) is 0.543. The number of aliphatic hydroxyl groups excluding tert-OH is 1. The van der Waals surface area contributed by atoms with E-state index in [1.165, 1.54) is 11.6 Å². The van der Waals surface area contributed by atoms with Crippen molar-refractivity contribution in [3.05, 3.63) is 65.1 Å². The monoisotopic (exact) mass is 493 g/mol. The number of aromatic nitrogens is 1. The van der Waals surface area contributed by atoms with Gasteiger partial charge in [-0.2, -0.15) is 0 Å². The van der Waals surface area contributed by atoms with Crippen LogP contribution in [0.1, 0.15) is 35.7 Å². The van der Waals surface area contributed by atoms with Crippen LogP contribution in [0.15, 0.2) is 42.5 Å². The van der Waals surface area contributed by atoms with Crippen LogP contribution in [0, 0.1) is 11.7 Å². The molecule has 3 aliphatic rings. The number of halogens is 1. The van der Waals surface area contributed by atoms with Crippen molar-refractivity contribution >= 4 is 16.8 Å². The number of hydrogen-bond acceptors (Lipinski definition) is 5. The maximum atomic E-state index is 13.8. The molecule has 1 aromatic heterocycles. The highest BCUT2D eigenvalue weighted by molar-refractivity contribution is 5.89. The summed E-state index contributed by atoms with van der Waals surface area (Å²) in [4.78, 5) is 21.5. The second-order valence-corrected chi connectivity index (χ2v) is 10.4. The zero-order chi connectivity index (χ0) is 24.9. The molecule has 36 heavy (non-hydrogen) atoms. The first-order chi connectivity index (χ1) is 17.5. The molecule has 2 saturated heterocycles. The number of likely N-dealkylation sites (tertiary alicyclic amines) is 1. The van der Waals surface area contributed by atoms with Crippen LogP contribution in [0.3, 0.4) is 0 Å². The largest absolute Gasteiger partial charge is 0.497 e. The van der Waals surface area contributed by atoms with Crippen LogP contribution >= 0.6 is 0 Å². The molecule has 8 heteroatoms. The summed E-state index contributed by atoms with van der Waals surface area (Å²) in [6.07, 6.45) is 1.42. The number of nitrogens with one attached hydrogen (secondary N) is 1. The van der Waals surface area contributed by atoms with Gasteiger partial charge in [-0.1, -0.05) is 12.1 Å². The van der Waals surface area contributed by atoms with Crippen molar-refractivity contribution in [1.29, 1.82) is 0 Å². The van der Waals surface area contributed by atoms with E-state index in [-0.39, 0.29) is 29.7 Å². The summed E-state index contributed by atoms with van der Waals surface area (Å²) in [6, 6.07) is 12.3. The second kappa shape index (κ2) is 9.18. The topological polar surface area (TPSA) is 78.0 Å². The van der Waals surface area contributed by atoms with Crippen molar-refractivity contribution in [2.45, 2.75) is 30.8 Å². The maximum Gasteiger partial charge on any atom is 0.226 e. The number of H-pyrrole nitrogens is 1. The number of methoxy groups -OCH3 is 1.